The van der Waals surface area contributed by atoms with E-state index in [2.05, 4.69) is 11.4 Å². The number of aromatic hydroxyl groups is 1. The maximum Gasteiger partial charge on any atom is 0.127 e. The molecule has 0 saturated heterocycles. The molecule has 3 aromatic rings. The van der Waals surface area contributed by atoms with Crippen LogP contribution >= 0.6 is 11.3 Å². The topological polar surface area (TPSA) is 52.9 Å². The van der Waals surface area contributed by atoms with E-state index in [0.29, 0.717) is 18.7 Å². The van der Waals surface area contributed by atoms with Crippen LogP contribution in [0, 0.1) is 4.91 Å². The van der Waals surface area contributed by atoms with Gasteiger partial charge in [-0.1, -0.05) is 42.5 Å². The summed E-state index contributed by atoms with van der Waals surface area (Å²) in [6, 6.07) is 15.9. The van der Waals surface area contributed by atoms with Gasteiger partial charge in [0.1, 0.15) is 5.75 Å². The molecule has 0 aliphatic heterocycles. The second kappa shape index (κ2) is 6.79. The lowest BCUT2D eigenvalue weighted by atomic mass is 9.91. The van der Waals surface area contributed by atoms with Crippen LogP contribution in [0.5, 0.6) is 5.75 Å². The van der Waals surface area contributed by atoms with Gasteiger partial charge in [0.05, 0.1) is 5.29 Å². The summed E-state index contributed by atoms with van der Waals surface area (Å²) in [6.07, 6.45) is 0.717. The van der Waals surface area contributed by atoms with Gasteiger partial charge in [0.2, 0.25) is 0 Å². The van der Waals surface area contributed by atoms with Crippen molar-refractivity contribution in [1.82, 2.24) is 5.01 Å². The van der Waals surface area contributed by atoms with Gasteiger partial charge >= 0.3 is 0 Å². The molecule has 1 atom stereocenters. The highest BCUT2D eigenvalue weighted by Gasteiger charge is 2.20. The molecule has 0 aliphatic rings. The number of nitroso groups, excluding NO2 is 1. The molecule has 3 rings (SSSR count). The van der Waals surface area contributed by atoms with Crippen molar-refractivity contribution in [1.29, 1.82) is 0 Å². The van der Waals surface area contributed by atoms with E-state index in [0.717, 1.165) is 16.3 Å². The van der Waals surface area contributed by atoms with Crippen LogP contribution in [-0.4, -0.2) is 23.7 Å². The first-order valence-corrected chi connectivity index (χ1v) is 8.37. The second-order valence-electron chi connectivity index (χ2n) is 5.54. The molecule has 0 aliphatic carbocycles. The molecule has 0 unspecified atom stereocenters. The SMILES string of the molecule is CN(CC[C@@H](c1cccs1)c1ccc2ccccc2c1O)N=O. The molecule has 0 bridgehead atoms. The standard InChI is InChI=1S/C18H18N2O2S/c1-20(19-22)11-10-15(17-7-4-12-23-17)16-9-8-13-5-2-3-6-14(13)18(16)21/h2-9,12,15,21H,10-11H2,1H3/t15-/m1/s1. The van der Waals surface area contributed by atoms with Gasteiger partial charge < -0.3 is 5.11 Å². The van der Waals surface area contributed by atoms with Gasteiger partial charge in [-0.05, 0) is 23.3 Å². The maximum atomic E-state index is 10.7. The van der Waals surface area contributed by atoms with Crippen LogP contribution in [0.4, 0.5) is 0 Å². The Labute approximate surface area is 138 Å². The normalized spacial score (nSPS) is 12.2. The summed E-state index contributed by atoms with van der Waals surface area (Å²) in [5.74, 6) is 0.368. The van der Waals surface area contributed by atoms with Crippen molar-refractivity contribution in [3.8, 4) is 5.75 Å². The lowest BCUT2D eigenvalue weighted by Crippen LogP contribution is -2.15. The second-order valence-corrected chi connectivity index (χ2v) is 6.52. The average Bonchev–Trinajstić information content (AvgIpc) is 3.11. The molecule has 2 aromatic carbocycles. The van der Waals surface area contributed by atoms with E-state index >= 15 is 0 Å². The van der Waals surface area contributed by atoms with Crippen molar-refractivity contribution in [2.45, 2.75) is 12.3 Å². The van der Waals surface area contributed by atoms with E-state index in [1.54, 1.807) is 18.4 Å². The molecule has 0 amide bonds. The first-order chi connectivity index (χ1) is 11.2. The minimum absolute atomic E-state index is 0.0452. The highest BCUT2D eigenvalue weighted by atomic mass is 32.1. The van der Waals surface area contributed by atoms with Gasteiger partial charge in [0, 0.05) is 35.3 Å². The number of benzene rings is 2. The zero-order valence-corrected chi connectivity index (χ0v) is 13.7. The number of hydrogen-bond donors (Lipinski definition) is 1. The Morgan fingerprint density at radius 2 is 2.00 bits per heavy atom. The van der Waals surface area contributed by atoms with Gasteiger partial charge in [-0.2, -0.15) is 0 Å². The zero-order valence-electron chi connectivity index (χ0n) is 12.8. The summed E-state index contributed by atoms with van der Waals surface area (Å²) in [4.78, 5) is 11.8. The Morgan fingerprint density at radius 1 is 1.17 bits per heavy atom. The zero-order chi connectivity index (χ0) is 16.2. The number of hydrogen-bond acceptors (Lipinski definition) is 4. The van der Waals surface area contributed by atoms with Crippen LogP contribution in [0.3, 0.4) is 0 Å². The first kappa shape index (κ1) is 15.5. The molecule has 0 radical (unpaired) electrons. The van der Waals surface area contributed by atoms with E-state index < -0.39 is 0 Å². The maximum absolute atomic E-state index is 10.7. The Kier molecular flexibility index (Phi) is 4.57. The van der Waals surface area contributed by atoms with Gasteiger partial charge in [-0.25, -0.2) is 0 Å². The van der Waals surface area contributed by atoms with Gasteiger partial charge in [-0.15, -0.1) is 16.2 Å². The lowest BCUT2D eigenvalue weighted by molar-refractivity contribution is 0.336. The van der Waals surface area contributed by atoms with E-state index in [4.69, 9.17) is 0 Å². The molecule has 1 N–H and O–H groups in total. The molecule has 4 nitrogen and oxygen atoms in total. The molecular formula is C18H18N2O2S. The Balaban J connectivity index is 2.02. The number of thiophene rings is 1. The van der Waals surface area contributed by atoms with Crippen LogP contribution in [0.1, 0.15) is 22.8 Å². The van der Waals surface area contributed by atoms with Gasteiger partial charge in [-0.3, -0.25) is 5.01 Å². The van der Waals surface area contributed by atoms with Gasteiger partial charge in [0.25, 0.3) is 0 Å². The molecule has 1 heterocycles. The van der Waals surface area contributed by atoms with E-state index in [9.17, 15) is 10.0 Å². The van der Waals surface area contributed by atoms with Crippen molar-refractivity contribution >= 4 is 22.1 Å². The molecule has 0 spiro atoms. The minimum atomic E-state index is 0.0452. The van der Waals surface area contributed by atoms with Crippen molar-refractivity contribution in [2.24, 2.45) is 5.29 Å². The van der Waals surface area contributed by atoms with Crippen LogP contribution in [0.2, 0.25) is 0 Å². The largest absolute Gasteiger partial charge is 0.507 e. The van der Waals surface area contributed by atoms with Crippen LogP contribution in [-0.2, 0) is 0 Å². The fraction of sp³-hybridized carbons (Fsp3) is 0.222. The number of nitrogens with zero attached hydrogens (tertiary/aromatic N) is 2. The smallest absolute Gasteiger partial charge is 0.127 e. The van der Waals surface area contributed by atoms with Gasteiger partial charge in [0.15, 0.2) is 0 Å². The number of rotatable bonds is 6. The predicted octanol–water partition coefficient (Wildman–Crippen LogP) is 4.74. The Bertz CT molecular complexity index is 802. The molecular weight excluding hydrogens is 308 g/mol. The van der Waals surface area contributed by atoms with Crippen LogP contribution in [0.25, 0.3) is 10.8 Å². The molecule has 23 heavy (non-hydrogen) atoms. The number of fused-ring (bicyclic) bond motifs is 1. The summed E-state index contributed by atoms with van der Waals surface area (Å²) in [6.45, 7) is 0.540. The predicted molar refractivity (Wildman–Crippen MR) is 94.8 cm³/mol. The van der Waals surface area contributed by atoms with Crippen molar-refractivity contribution in [3.63, 3.8) is 0 Å². The third-order valence-corrected chi connectivity index (χ3v) is 5.06. The summed E-state index contributed by atoms with van der Waals surface area (Å²) in [5, 5.41) is 19.0. The van der Waals surface area contributed by atoms with Crippen molar-refractivity contribution in [3.05, 3.63) is 69.3 Å². The monoisotopic (exact) mass is 326 g/mol. The molecule has 0 saturated carbocycles. The lowest BCUT2D eigenvalue weighted by Gasteiger charge is -2.20. The fourth-order valence-electron chi connectivity index (χ4n) is 2.85. The fourth-order valence-corrected chi connectivity index (χ4v) is 3.73. The van der Waals surface area contributed by atoms with Crippen LogP contribution < -0.4 is 0 Å². The third-order valence-electron chi connectivity index (χ3n) is 4.07. The summed E-state index contributed by atoms with van der Waals surface area (Å²) in [7, 11) is 1.67. The number of phenols is 1. The molecule has 118 valence electrons. The average molecular weight is 326 g/mol. The highest BCUT2D eigenvalue weighted by molar-refractivity contribution is 7.10. The quantitative estimate of drug-likeness (QED) is 0.526. The van der Waals surface area contributed by atoms with Crippen molar-refractivity contribution < 1.29 is 5.11 Å². The molecule has 1 aromatic heterocycles. The van der Waals surface area contributed by atoms with Crippen molar-refractivity contribution in [2.75, 3.05) is 13.6 Å². The minimum Gasteiger partial charge on any atom is -0.507 e. The Hall–Kier alpha value is -2.40. The van der Waals surface area contributed by atoms with E-state index in [1.165, 1.54) is 9.89 Å². The first-order valence-electron chi connectivity index (χ1n) is 7.49. The highest BCUT2D eigenvalue weighted by Crippen LogP contribution is 2.39. The van der Waals surface area contributed by atoms with E-state index in [-0.39, 0.29) is 5.92 Å². The molecule has 0 fully saturated rings. The summed E-state index contributed by atoms with van der Waals surface area (Å²) < 4.78 is 0. The van der Waals surface area contributed by atoms with E-state index in [1.807, 2.05) is 47.8 Å². The summed E-state index contributed by atoms with van der Waals surface area (Å²) in [5.41, 5.74) is 0.894. The summed E-state index contributed by atoms with van der Waals surface area (Å²) >= 11 is 1.66. The third kappa shape index (κ3) is 3.19. The Morgan fingerprint density at radius 3 is 2.74 bits per heavy atom. The number of phenolic OH excluding ortho intramolecular Hbond substituents is 1. The van der Waals surface area contributed by atoms with Crippen LogP contribution in [0.15, 0.2) is 59.2 Å². The molecule has 5 heteroatoms.